The number of aromatic nitrogens is 3. The highest BCUT2D eigenvalue weighted by molar-refractivity contribution is 5.98. The fraction of sp³-hybridized carbons (Fsp3) is 0.409. The maximum absolute atomic E-state index is 5.47. The highest BCUT2D eigenvalue weighted by Gasteiger charge is 2.36. The fourth-order valence-corrected chi connectivity index (χ4v) is 4.50. The normalized spacial score (nSPS) is 22.0. The Balaban J connectivity index is 1.32. The molecule has 9 nitrogen and oxygen atoms in total. The molecule has 0 saturated carbocycles. The lowest BCUT2D eigenvalue weighted by molar-refractivity contribution is 0.0334. The van der Waals surface area contributed by atoms with Gasteiger partial charge in [0.05, 0.1) is 43.3 Å². The zero-order chi connectivity index (χ0) is 20.6. The first-order valence-corrected chi connectivity index (χ1v) is 10.9. The first-order chi connectivity index (χ1) is 15.4. The van der Waals surface area contributed by atoms with Crippen molar-refractivity contribution >= 4 is 22.9 Å². The lowest BCUT2D eigenvalue weighted by atomic mass is 10.2. The molecule has 0 amide bonds. The number of nitrogens with one attached hydrogen (secondary N) is 1. The summed E-state index contributed by atoms with van der Waals surface area (Å²) in [7, 11) is 0. The minimum atomic E-state index is -0.140. The van der Waals surface area contributed by atoms with E-state index in [2.05, 4.69) is 47.8 Å². The van der Waals surface area contributed by atoms with Crippen LogP contribution in [0.15, 0.2) is 53.7 Å². The van der Waals surface area contributed by atoms with E-state index in [-0.39, 0.29) is 6.17 Å². The molecule has 1 N–H and O–H groups in total. The summed E-state index contributed by atoms with van der Waals surface area (Å²) in [6.45, 7) is 7.12. The monoisotopic (exact) mass is 418 g/mol. The van der Waals surface area contributed by atoms with Crippen molar-refractivity contribution in [2.45, 2.75) is 6.17 Å². The van der Waals surface area contributed by atoms with Gasteiger partial charge in [0.2, 0.25) is 11.9 Å². The number of rotatable bonds is 4. The summed E-state index contributed by atoms with van der Waals surface area (Å²) < 4.78 is 7.71. The van der Waals surface area contributed by atoms with E-state index in [1.807, 2.05) is 30.5 Å². The molecule has 3 aliphatic heterocycles. The Bertz CT molecular complexity index is 1090. The molecule has 0 radical (unpaired) electrons. The Hall–Kier alpha value is -3.01. The van der Waals surface area contributed by atoms with Gasteiger partial charge >= 0.3 is 0 Å². The van der Waals surface area contributed by atoms with Crippen LogP contribution in [0.3, 0.4) is 0 Å². The van der Waals surface area contributed by atoms with E-state index < -0.39 is 0 Å². The van der Waals surface area contributed by atoms with Crippen molar-refractivity contribution in [3.8, 4) is 0 Å². The summed E-state index contributed by atoms with van der Waals surface area (Å²) >= 11 is 0. The predicted octanol–water partition coefficient (Wildman–Crippen LogP) is 1.31. The molecule has 0 aliphatic carbocycles. The number of nitrogens with zero attached hydrogens (tertiary/aromatic N) is 7. The van der Waals surface area contributed by atoms with Crippen molar-refractivity contribution in [2.75, 3.05) is 57.6 Å². The van der Waals surface area contributed by atoms with Gasteiger partial charge in [-0.25, -0.2) is 9.98 Å². The minimum Gasteiger partial charge on any atom is -0.379 e. The number of benzene rings is 1. The summed E-state index contributed by atoms with van der Waals surface area (Å²) in [4.78, 5) is 21.5. The Kier molecular flexibility index (Phi) is 4.78. The molecule has 31 heavy (non-hydrogen) atoms. The van der Waals surface area contributed by atoms with Gasteiger partial charge in [0, 0.05) is 32.4 Å². The van der Waals surface area contributed by atoms with Crippen LogP contribution in [0, 0.1) is 0 Å². The molecular formula is C22H26N8O. The van der Waals surface area contributed by atoms with E-state index in [0.29, 0.717) is 6.67 Å². The average Bonchev–Trinajstić information content (AvgIpc) is 3.23. The van der Waals surface area contributed by atoms with Gasteiger partial charge in [0.1, 0.15) is 0 Å². The number of para-hydroxylation sites is 2. The van der Waals surface area contributed by atoms with Crippen molar-refractivity contribution in [1.29, 1.82) is 0 Å². The zero-order valence-corrected chi connectivity index (χ0v) is 17.4. The second-order valence-electron chi connectivity index (χ2n) is 8.11. The molecule has 2 aromatic heterocycles. The van der Waals surface area contributed by atoms with Crippen LogP contribution in [0.25, 0.3) is 11.0 Å². The molecular weight excluding hydrogens is 392 g/mol. The van der Waals surface area contributed by atoms with Gasteiger partial charge in [-0.15, -0.1) is 0 Å². The SMILES string of the molecule is c1ccc([C@@H]2NC3=NCN(CCN4CCOCC4)CN3c3nc4ccccc4n32)nc1. The molecule has 6 rings (SSSR count). The van der Waals surface area contributed by atoms with Crippen LogP contribution in [-0.4, -0.2) is 83.0 Å². The zero-order valence-electron chi connectivity index (χ0n) is 17.4. The minimum absolute atomic E-state index is 0.140. The molecule has 3 aromatic rings. The summed E-state index contributed by atoms with van der Waals surface area (Å²) in [5.41, 5.74) is 3.01. The molecule has 3 aliphatic rings. The molecule has 0 spiro atoms. The third kappa shape index (κ3) is 3.44. The second-order valence-corrected chi connectivity index (χ2v) is 8.11. The number of pyridine rings is 1. The van der Waals surface area contributed by atoms with E-state index in [1.54, 1.807) is 0 Å². The van der Waals surface area contributed by atoms with Crippen LogP contribution < -0.4 is 10.2 Å². The van der Waals surface area contributed by atoms with E-state index in [1.165, 1.54) is 0 Å². The Labute approximate surface area is 180 Å². The van der Waals surface area contributed by atoms with Crippen LogP contribution in [0.5, 0.6) is 0 Å². The Morgan fingerprint density at radius 1 is 1.00 bits per heavy atom. The van der Waals surface area contributed by atoms with Crippen LogP contribution in [0.4, 0.5) is 5.95 Å². The Morgan fingerprint density at radius 2 is 1.84 bits per heavy atom. The second kappa shape index (κ2) is 7.92. The van der Waals surface area contributed by atoms with Gasteiger partial charge in [-0.2, -0.15) is 0 Å². The standard InChI is InChI=1S/C22H26N8O/c1-2-7-19-17(5-1)25-22-29-16-28(10-9-27-11-13-31-14-12-27)15-24-21(29)26-20(30(19)22)18-6-3-4-8-23-18/h1-8,20H,9-16H2,(H,24,26)/t20-/m1/s1. The summed E-state index contributed by atoms with van der Waals surface area (Å²) in [6, 6.07) is 14.3. The summed E-state index contributed by atoms with van der Waals surface area (Å²) in [5, 5.41) is 3.61. The quantitative estimate of drug-likeness (QED) is 0.685. The summed E-state index contributed by atoms with van der Waals surface area (Å²) in [5.74, 6) is 1.77. The molecule has 9 heteroatoms. The van der Waals surface area contributed by atoms with Crippen molar-refractivity contribution < 1.29 is 4.74 Å². The van der Waals surface area contributed by atoms with Crippen molar-refractivity contribution in [3.05, 3.63) is 54.4 Å². The summed E-state index contributed by atoms with van der Waals surface area (Å²) in [6.07, 6.45) is 1.69. The molecule has 1 saturated heterocycles. The molecule has 160 valence electrons. The van der Waals surface area contributed by atoms with Crippen molar-refractivity contribution in [3.63, 3.8) is 0 Å². The maximum Gasteiger partial charge on any atom is 0.216 e. The van der Waals surface area contributed by atoms with Crippen molar-refractivity contribution in [2.24, 2.45) is 4.99 Å². The smallest absolute Gasteiger partial charge is 0.216 e. The molecule has 0 bridgehead atoms. The van der Waals surface area contributed by atoms with Gasteiger partial charge in [-0.05, 0) is 24.3 Å². The highest BCUT2D eigenvalue weighted by Crippen LogP contribution is 2.33. The number of ether oxygens (including phenoxy) is 1. The van der Waals surface area contributed by atoms with Crippen LogP contribution >= 0.6 is 0 Å². The third-order valence-electron chi connectivity index (χ3n) is 6.16. The van der Waals surface area contributed by atoms with E-state index >= 15 is 0 Å². The third-order valence-corrected chi connectivity index (χ3v) is 6.16. The number of fused-ring (bicyclic) bond motifs is 5. The van der Waals surface area contributed by atoms with Gasteiger partial charge < -0.3 is 10.1 Å². The van der Waals surface area contributed by atoms with Gasteiger partial charge in [0.25, 0.3) is 0 Å². The maximum atomic E-state index is 5.47. The topological polar surface area (TPSA) is 74.1 Å². The number of morpholine rings is 1. The van der Waals surface area contributed by atoms with E-state index in [0.717, 1.165) is 74.7 Å². The number of imidazole rings is 1. The largest absolute Gasteiger partial charge is 0.379 e. The molecule has 0 unspecified atom stereocenters. The van der Waals surface area contributed by atoms with Gasteiger partial charge in [0.15, 0.2) is 6.17 Å². The fourth-order valence-electron chi connectivity index (χ4n) is 4.50. The molecule has 1 fully saturated rings. The van der Waals surface area contributed by atoms with Crippen LogP contribution in [-0.2, 0) is 4.74 Å². The number of guanidine groups is 1. The predicted molar refractivity (Wildman–Crippen MR) is 119 cm³/mol. The molecule has 1 aromatic carbocycles. The highest BCUT2D eigenvalue weighted by atomic mass is 16.5. The number of aliphatic imine (C=N–C) groups is 1. The molecule has 5 heterocycles. The van der Waals surface area contributed by atoms with Crippen molar-refractivity contribution in [1.82, 2.24) is 29.7 Å². The van der Waals surface area contributed by atoms with Crippen LogP contribution in [0.1, 0.15) is 11.9 Å². The van der Waals surface area contributed by atoms with Gasteiger partial charge in [-0.1, -0.05) is 18.2 Å². The lowest BCUT2D eigenvalue weighted by Crippen LogP contribution is -2.58. The number of anilines is 1. The van der Waals surface area contributed by atoms with E-state index in [9.17, 15) is 0 Å². The lowest BCUT2D eigenvalue weighted by Gasteiger charge is -2.41. The first kappa shape index (κ1) is 18.7. The first-order valence-electron chi connectivity index (χ1n) is 10.9. The molecule has 1 atom stereocenters. The Morgan fingerprint density at radius 3 is 2.71 bits per heavy atom. The average molecular weight is 419 g/mol. The van der Waals surface area contributed by atoms with Gasteiger partial charge in [-0.3, -0.25) is 24.3 Å². The van der Waals surface area contributed by atoms with Crippen LogP contribution in [0.2, 0.25) is 0 Å². The number of hydrogen-bond donors (Lipinski definition) is 1. The number of hydrogen-bond acceptors (Lipinski definition) is 8. The van der Waals surface area contributed by atoms with E-state index in [4.69, 9.17) is 14.7 Å².